The molecule has 0 aromatic carbocycles. The van der Waals surface area contributed by atoms with E-state index in [0.29, 0.717) is 19.6 Å². The van der Waals surface area contributed by atoms with Crippen LogP contribution in [0.3, 0.4) is 0 Å². The van der Waals surface area contributed by atoms with Crippen LogP contribution in [0.4, 0.5) is 4.79 Å². The summed E-state index contributed by atoms with van der Waals surface area (Å²) in [5.74, 6) is 0. The molecule has 1 aromatic rings. The number of thiophene rings is 1. The standard InChI is InChI=1S/C19H34N4O2S/c1-5-21-7-9-23(10-8-21)19(3,4)15-20-18(25)22(11-12-24)14-17-16(2)6-13-26-17/h6,13,24H,5,7-12,14-15H2,1-4H3,(H,20,25). The molecule has 1 fully saturated rings. The summed E-state index contributed by atoms with van der Waals surface area (Å²) in [5.41, 5.74) is 1.11. The summed E-state index contributed by atoms with van der Waals surface area (Å²) in [6.07, 6.45) is 0. The lowest BCUT2D eigenvalue weighted by atomic mass is 10.0. The lowest BCUT2D eigenvalue weighted by molar-refractivity contribution is 0.0543. The van der Waals surface area contributed by atoms with Crippen molar-refractivity contribution in [3.63, 3.8) is 0 Å². The van der Waals surface area contributed by atoms with Gasteiger partial charge >= 0.3 is 6.03 Å². The highest BCUT2D eigenvalue weighted by Crippen LogP contribution is 2.19. The number of nitrogens with one attached hydrogen (secondary N) is 1. The van der Waals surface area contributed by atoms with E-state index in [2.05, 4.69) is 48.9 Å². The van der Waals surface area contributed by atoms with Gasteiger partial charge in [0, 0.05) is 49.7 Å². The Morgan fingerprint density at radius 1 is 1.35 bits per heavy atom. The highest BCUT2D eigenvalue weighted by Gasteiger charge is 2.30. The Bertz CT molecular complexity index is 568. The second kappa shape index (κ2) is 9.69. The minimum Gasteiger partial charge on any atom is -0.395 e. The lowest BCUT2D eigenvalue weighted by Gasteiger charge is -2.44. The number of hydrogen-bond acceptors (Lipinski definition) is 5. The molecule has 1 aromatic heterocycles. The number of likely N-dealkylation sites (N-methyl/N-ethyl adjacent to an activating group) is 1. The second-order valence-corrected chi connectivity index (χ2v) is 8.57. The molecule has 0 aliphatic carbocycles. The third-order valence-electron chi connectivity index (χ3n) is 5.31. The molecular weight excluding hydrogens is 348 g/mol. The molecule has 0 spiro atoms. The van der Waals surface area contributed by atoms with Gasteiger partial charge in [0.25, 0.3) is 0 Å². The lowest BCUT2D eigenvalue weighted by Crippen LogP contribution is -2.59. The van der Waals surface area contributed by atoms with Crippen molar-refractivity contribution in [2.45, 2.75) is 39.8 Å². The molecule has 1 saturated heterocycles. The summed E-state index contributed by atoms with van der Waals surface area (Å²) in [6.45, 7) is 15.4. The average Bonchev–Trinajstić information content (AvgIpc) is 3.04. The Morgan fingerprint density at radius 2 is 2.04 bits per heavy atom. The number of rotatable bonds is 8. The third kappa shape index (κ3) is 5.67. The van der Waals surface area contributed by atoms with E-state index < -0.39 is 0 Å². The minimum absolute atomic E-state index is 0.0276. The van der Waals surface area contributed by atoms with Crippen molar-refractivity contribution in [3.05, 3.63) is 21.9 Å². The van der Waals surface area contributed by atoms with Crippen LogP contribution in [0.5, 0.6) is 0 Å². The van der Waals surface area contributed by atoms with Crippen molar-refractivity contribution >= 4 is 17.4 Å². The molecule has 6 nitrogen and oxygen atoms in total. The van der Waals surface area contributed by atoms with Gasteiger partial charge in [-0.2, -0.15) is 0 Å². The van der Waals surface area contributed by atoms with E-state index in [1.807, 2.05) is 5.38 Å². The quantitative estimate of drug-likeness (QED) is 0.722. The van der Waals surface area contributed by atoms with Crippen LogP contribution in [0.1, 0.15) is 31.2 Å². The zero-order valence-corrected chi connectivity index (χ0v) is 17.4. The van der Waals surface area contributed by atoms with Crippen molar-refractivity contribution in [2.24, 2.45) is 0 Å². The van der Waals surface area contributed by atoms with Crippen LogP contribution in [-0.2, 0) is 6.54 Å². The first-order valence-corrected chi connectivity index (χ1v) is 10.4. The van der Waals surface area contributed by atoms with Gasteiger partial charge in [0.2, 0.25) is 0 Å². The average molecular weight is 383 g/mol. The maximum atomic E-state index is 12.7. The largest absolute Gasteiger partial charge is 0.395 e. The monoisotopic (exact) mass is 382 g/mol. The first kappa shape index (κ1) is 21.2. The molecule has 1 aliphatic heterocycles. The number of urea groups is 1. The van der Waals surface area contributed by atoms with Crippen LogP contribution >= 0.6 is 11.3 Å². The Morgan fingerprint density at radius 3 is 2.58 bits per heavy atom. The molecule has 0 unspecified atom stereocenters. The van der Waals surface area contributed by atoms with E-state index in [1.54, 1.807) is 16.2 Å². The molecule has 26 heavy (non-hydrogen) atoms. The molecule has 2 amide bonds. The predicted octanol–water partition coefficient (Wildman–Crippen LogP) is 1.98. The van der Waals surface area contributed by atoms with Crippen LogP contribution < -0.4 is 5.32 Å². The molecule has 2 rings (SSSR count). The van der Waals surface area contributed by atoms with Gasteiger partial charge in [0.1, 0.15) is 0 Å². The number of aliphatic hydroxyl groups excluding tert-OH is 1. The first-order valence-electron chi connectivity index (χ1n) is 9.51. The number of carbonyl (C=O) groups excluding carboxylic acids is 1. The Balaban J connectivity index is 1.88. The molecule has 2 heterocycles. The molecular formula is C19H34N4O2S. The zero-order chi connectivity index (χ0) is 19.2. The van der Waals surface area contributed by atoms with Gasteiger partial charge in [-0.15, -0.1) is 11.3 Å². The number of hydrogen-bond donors (Lipinski definition) is 2. The van der Waals surface area contributed by atoms with Gasteiger partial charge in [-0.1, -0.05) is 6.92 Å². The Hall–Kier alpha value is -1.15. The van der Waals surface area contributed by atoms with E-state index in [4.69, 9.17) is 0 Å². The van der Waals surface area contributed by atoms with Crippen LogP contribution in [0.2, 0.25) is 0 Å². The number of nitrogens with zero attached hydrogens (tertiary/aromatic N) is 3. The summed E-state index contributed by atoms with van der Waals surface area (Å²) >= 11 is 1.65. The van der Waals surface area contributed by atoms with Gasteiger partial charge < -0.3 is 20.2 Å². The molecule has 2 N–H and O–H groups in total. The summed E-state index contributed by atoms with van der Waals surface area (Å²) in [6, 6.07) is 1.96. The fourth-order valence-electron chi connectivity index (χ4n) is 3.30. The van der Waals surface area contributed by atoms with E-state index >= 15 is 0 Å². The van der Waals surface area contributed by atoms with Crippen molar-refractivity contribution < 1.29 is 9.90 Å². The number of aliphatic hydroxyl groups is 1. The first-order chi connectivity index (χ1) is 12.4. The maximum Gasteiger partial charge on any atom is 0.317 e. The molecule has 0 bridgehead atoms. The van der Waals surface area contributed by atoms with Gasteiger partial charge in [-0.25, -0.2) is 4.79 Å². The zero-order valence-electron chi connectivity index (χ0n) is 16.6. The highest BCUT2D eigenvalue weighted by atomic mass is 32.1. The van der Waals surface area contributed by atoms with Crippen LogP contribution in [0.25, 0.3) is 0 Å². The highest BCUT2D eigenvalue weighted by molar-refractivity contribution is 7.10. The predicted molar refractivity (Wildman–Crippen MR) is 108 cm³/mol. The van der Waals surface area contributed by atoms with E-state index in [1.165, 1.54) is 10.4 Å². The van der Waals surface area contributed by atoms with E-state index in [9.17, 15) is 9.90 Å². The summed E-state index contributed by atoms with van der Waals surface area (Å²) in [7, 11) is 0. The smallest absolute Gasteiger partial charge is 0.317 e. The van der Waals surface area contributed by atoms with E-state index in [0.717, 1.165) is 32.7 Å². The van der Waals surface area contributed by atoms with Crippen LogP contribution in [-0.4, -0.2) is 83.8 Å². The van der Waals surface area contributed by atoms with Crippen LogP contribution in [0, 0.1) is 6.92 Å². The number of piperazine rings is 1. The minimum atomic E-state index is -0.105. The summed E-state index contributed by atoms with van der Waals surface area (Å²) in [4.78, 5) is 20.5. The van der Waals surface area contributed by atoms with Crippen molar-refractivity contribution in [3.8, 4) is 0 Å². The van der Waals surface area contributed by atoms with Gasteiger partial charge in [0.15, 0.2) is 0 Å². The van der Waals surface area contributed by atoms with Crippen molar-refractivity contribution in [1.82, 2.24) is 20.0 Å². The molecule has 1 aliphatic rings. The third-order valence-corrected chi connectivity index (χ3v) is 6.32. The SMILES string of the molecule is CCN1CCN(C(C)(C)CNC(=O)N(CCO)Cc2sccc2C)CC1. The number of amides is 2. The fourth-order valence-corrected chi connectivity index (χ4v) is 4.22. The second-order valence-electron chi connectivity index (χ2n) is 7.56. The van der Waals surface area contributed by atoms with Crippen molar-refractivity contribution in [1.29, 1.82) is 0 Å². The van der Waals surface area contributed by atoms with Gasteiger partial charge in [-0.05, 0) is 44.3 Å². The fraction of sp³-hybridized carbons (Fsp3) is 0.737. The van der Waals surface area contributed by atoms with Gasteiger partial charge in [0.05, 0.1) is 13.2 Å². The van der Waals surface area contributed by atoms with Gasteiger partial charge in [-0.3, -0.25) is 4.90 Å². The number of aryl methyl sites for hydroxylation is 1. The molecule has 0 saturated carbocycles. The molecule has 0 radical (unpaired) electrons. The van der Waals surface area contributed by atoms with E-state index in [-0.39, 0.29) is 18.2 Å². The Kier molecular flexibility index (Phi) is 7.88. The Labute approximate surface area is 161 Å². The number of carbonyl (C=O) groups is 1. The maximum absolute atomic E-state index is 12.7. The van der Waals surface area contributed by atoms with Crippen LogP contribution in [0.15, 0.2) is 11.4 Å². The van der Waals surface area contributed by atoms with Crippen molar-refractivity contribution in [2.75, 3.05) is 52.4 Å². The molecule has 148 valence electrons. The topological polar surface area (TPSA) is 59.0 Å². The normalized spacial score (nSPS) is 16.7. The summed E-state index contributed by atoms with van der Waals surface area (Å²) < 4.78 is 0. The molecule has 7 heteroatoms. The summed E-state index contributed by atoms with van der Waals surface area (Å²) in [5, 5.41) is 14.5. The molecule has 0 atom stereocenters.